The van der Waals surface area contributed by atoms with Gasteiger partial charge in [-0.2, -0.15) is 0 Å². The molecule has 0 aliphatic carbocycles. The Labute approximate surface area is 160 Å². The van der Waals surface area contributed by atoms with E-state index in [4.69, 9.17) is 4.74 Å². The van der Waals surface area contributed by atoms with Crippen LogP contribution in [-0.4, -0.2) is 47.1 Å². The van der Waals surface area contributed by atoms with Crippen LogP contribution in [-0.2, 0) is 16.0 Å². The second-order valence-electron chi connectivity index (χ2n) is 8.14. The predicted molar refractivity (Wildman–Crippen MR) is 106 cm³/mol. The van der Waals surface area contributed by atoms with Gasteiger partial charge in [0.05, 0.1) is 0 Å². The molecule has 3 rings (SSSR count). The number of H-pyrrole nitrogens is 1. The molecule has 1 aliphatic heterocycles. The second-order valence-corrected chi connectivity index (χ2v) is 8.14. The number of fused-ring (bicyclic) bond motifs is 1. The average molecular weight is 371 g/mol. The molecule has 1 fully saturated rings. The molecule has 0 spiro atoms. The zero-order valence-electron chi connectivity index (χ0n) is 16.4. The Morgan fingerprint density at radius 1 is 1.22 bits per heavy atom. The van der Waals surface area contributed by atoms with E-state index >= 15 is 0 Å². The highest BCUT2D eigenvalue weighted by atomic mass is 16.6. The number of benzene rings is 1. The van der Waals surface area contributed by atoms with Crippen LogP contribution in [0.2, 0.25) is 0 Å². The van der Waals surface area contributed by atoms with Crippen LogP contribution in [0.4, 0.5) is 4.79 Å². The monoisotopic (exact) mass is 371 g/mol. The van der Waals surface area contributed by atoms with Gasteiger partial charge in [0.25, 0.3) is 0 Å². The number of nitrogens with one attached hydrogen (secondary N) is 2. The number of rotatable bonds is 4. The van der Waals surface area contributed by atoms with Gasteiger partial charge in [0.1, 0.15) is 5.60 Å². The lowest BCUT2D eigenvalue weighted by molar-refractivity contribution is -0.126. The number of hydrogen-bond donors (Lipinski definition) is 2. The van der Waals surface area contributed by atoms with Gasteiger partial charge in [0.2, 0.25) is 5.91 Å². The highest BCUT2D eigenvalue weighted by molar-refractivity contribution is 5.83. The quantitative estimate of drug-likeness (QED) is 0.864. The molecule has 0 saturated carbocycles. The molecule has 1 aromatic heterocycles. The van der Waals surface area contributed by atoms with Crippen LogP contribution >= 0.6 is 0 Å². The number of aromatic nitrogens is 1. The molecule has 2 heterocycles. The first-order valence-electron chi connectivity index (χ1n) is 9.64. The number of aromatic amines is 1. The first-order chi connectivity index (χ1) is 12.8. The van der Waals surface area contributed by atoms with E-state index in [1.54, 1.807) is 4.90 Å². The summed E-state index contributed by atoms with van der Waals surface area (Å²) in [5.74, 6) is 0.0466. The Balaban J connectivity index is 1.43. The number of nitrogens with zero attached hydrogens (tertiary/aromatic N) is 1. The number of hydrogen-bond acceptors (Lipinski definition) is 3. The van der Waals surface area contributed by atoms with Crippen molar-refractivity contribution >= 4 is 22.9 Å². The SMILES string of the molecule is CC(C)(C)OC(=O)N1CCC(C(=O)NCCc2c[nH]c3ccccc23)CC1. The normalized spacial score (nSPS) is 15.7. The Hall–Kier alpha value is -2.50. The van der Waals surface area contributed by atoms with E-state index < -0.39 is 5.60 Å². The molecule has 1 aliphatic rings. The largest absolute Gasteiger partial charge is 0.444 e. The third-order valence-electron chi connectivity index (χ3n) is 4.89. The van der Waals surface area contributed by atoms with Crippen LogP contribution < -0.4 is 5.32 Å². The third kappa shape index (κ3) is 5.02. The van der Waals surface area contributed by atoms with Crippen molar-refractivity contribution in [3.63, 3.8) is 0 Å². The van der Waals surface area contributed by atoms with Crippen LogP contribution in [0.5, 0.6) is 0 Å². The van der Waals surface area contributed by atoms with Crippen LogP contribution in [0.15, 0.2) is 30.5 Å². The molecule has 6 nitrogen and oxygen atoms in total. The summed E-state index contributed by atoms with van der Waals surface area (Å²) < 4.78 is 5.40. The molecule has 2 N–H and O–H groups in total. The summed E-state index contributed by atoms with van der Waals surface area (Å²) in [6, 6.07) is 8.18. The van der Waals surface area contributed by atoms with Crippen molar-refractivity contribution in [2.24, 2.45) is 5.92 Å². The van der Waals surface area contributed by atoms with Crippen molar-refractivity contribution in [3.8, 4) is 0 Å². The van der Waals surface area contributed by atoms with Gasteiger partial charge in [-0.15, -0.1) is 0 Å². The fourth-order valence-electron chi connectivity index (χ4n) is 3.45. The maximum absolute atomic E-state index is 12.4. The van der Waals surface area contributed by atoms with E-state index in [2.05, 4.69) is 22.4 Å². The lowest BCUT2D eigenvalue weighted by atomic mass is 9.96. The highest BCUT2D eigenvalue weighted by Gasteiger charge is 2.29. The van der Waals surface area contributed by atoms with E-state index in [9.17, 15) is 9.59 Å². The summed E-state index contributed by atoms with van der Waals surface area (Å²) in [6.07, 6.45) is 3.87. The average Bonchev–Trinajstić information content (AvgIpc) is 3.04. The number of carbonyl (C=O) groups excluding carboxylic acids is 2. The van der Waals surface area contributed by atoms with Crippen LogP contribution in [0.25, 0.3) is 10.9 Å². The van der Waals surface area contributed by atoms with Crippen LogP contribution in [0, 0.1) is 5.92 Å². The number of ether oxygens (including phenoxy) is 1. The minimum atomic E-state index is -0.492. The van der Waals surface area contributed by atoms with Crippen molar-refractivity contribution in [1.82, 2.24) is 15.2 Å². The maximum atomic E-state index is 12.4. The molecule has 1 saturated heterocycles. The molecule has 146 valence electrons. The summed E-state index contributed by atoms with van der Waals surface area (Å²) in [6.45, 7) is 7.33. The molecule has 6 heteroatoms. The molecule has 0 atom stereocenters. The van der Waals surface area contributed by atoms with Gasteiger partial charge < -0.3 is 19.9 Å². The molecule has 27 heavy (non-hydrogen) atoms. The number of para-hydroxylation sites is 1. The summed E-state index contributed by atoms with van der Waals surface area (Å²) in [5.41, 5.74) is 1.84. The minimum absolute atomic E-state index is 0.0355. The summed E-state index contributed by atoms with van der Waals surface area (Å²) in [7, 11) is 0. The number of carbonyl (C=O) groups is 2. The Bertz CT molecular complexity index is 798. The number of piperidine rings is 1. The molecule has 0 bridgehead atoms. The molecule has 0 unspecified atom stereocenters. The number of likely N-dealkylation sites (tertiary alicyclic amines) is 1. The van der Waals surface area contributed by atoms with Gasteiger partial charge in [0.15, 0.2) is 0 Å². The lowest BCUT2D eigenvalue weighted by Crippen LogP contribution is -2.45. The Morgan fingerprint density at radius 3 is 2.63 bits per heavy atom. The van der Waals surface area contributed by atoms with Crippen molar-refractivity contribution < 1.29 is 14.3 Å². The molecule has 0 radical (unpaired) electrons. The smallest absolute Gasteiger partial charge is 0.410 e. The Morgan fingerprint density at radius 2 is 1.93 bits per heavy atom. The third-order valence-corrected chi connectivity index (χ3v) is 4.89. The summed E-state index contributed by atoms with van der Waals surface area (Å²) >= 11 is 0. The van der Waals surface area contributed by atoms with E-state index in [1.807, 2.05) is 39.1 Å². The van der Waals surface area contributed by atoms with Crippen molar-refractivity contribution in [3.05, 3.63) is 36.0 Å². The minimum Gasteiger partial charge on any atom is -0.444 e. The van der Waals surface area contributed by atoms with Gasteiger partial charge in [-0.25, -0.2) is 4.79 Å². The van der Waals surface area contributed by atoms with Crippen molar-refractivity contribution in [2.45, 2.75) is 45.6 Å². The molecule has 1 aromatic carbocycles. The van der Waals surface area contributed by atoms with Gasteiger partial charge >= 0.3 is 6.09 Å². The predicted octanol–water partition coefficient (Wildman–Crippen LogP) is 3.47. The molecule has 2 aromatic rings. The van der Waals surface area contributed by atoms with Gasteiger partial charge in [-0.1, -0.05) is 18.2 Å². The van der Waals surface area contributed by atoms with E-state index in [0.717, 1.165) is 11.9 Å². The standard InChI is InChI=1S/C21H29N3O3/c1-21(2,3)27-20(26)24-12-9-15(10-13-24)19(25)22-11-8-16-14-23-18-7-5-4-6-17(16)18/h4-7,14-15,23H,8-13H2,1-3H3,(H,22,25). The van der Waals surface area contributed by atoms with E-state index in [1.165, 1.54) is 10.9 Å². The maximum Gasteiger partial charge on any atom is 0.410 e. The van der Waals surface area contributed by atoms with Crippen molar-refractivity contribution in [1.29, 1.82) is 0 Å². The van der Waals surface area contributed by atoms with Gasteiger partial charge in [0, 0.05) is 42.7 Å². The zero-order valence-corrected chi connectivity index (χ0v) is 16.4. The molecular formula is C21H29N3O3. The van der Waals surface area contributed by atoms with Crippen molar-refractivity contribution in [2.75, 3.05) is 19.6 Å². The zero-order chi connectivity index (χ0) is 19.4. The first-order valence-corrected chi connectivity index (χ1v) is 9.64. The first kappa shape index (κ1) is 19.3. The fourth-order valence-corrected chi connectivity index (χ4v) is 3.45. The Kier molecular flexibility index (Phi) is 5.73. The molecular weight excluding hydrogens is 342 g/mol. The topological polar surface area (TPSA) is 74.4 Å². The fraction of sp³-hybridized carbons (Fsp3) is 0.524. The lowest BCUT2D eigenvalue weighted by Gasteiger charge is -2.32. The van der Waals surface area contributed by atoms with E-state index in [0.29, 0.717) is 32.5 Å². The summed E-state index contributed by atoms with van der Waals surface area (Å²) in [5, 5.41) is 4.26. The number of amides is 2. The van der Waals surface area contributed by atoms with Gasteiger partial charge in [-0.3, -0.25) is 4.79 Å². The van der Waals surface area contributed by atoms with Crippen LogP contribution in [0.3, 0.4) is 0 Å². The summed E-state index contributed by atoms with van der Waals surface area (Å²) in [4.78, 5) is 29.5. The van der Waals surface area contributed by atoms with Crippen LogP contribution in [0.1, 0.15) is 39.2 Å². The van der Waals surface area contributed by atoms with E-state index in [-0.39, 0.29) is 17.9 Å². The molecule has 2 amide bonds. The van der Waals surface area contributed by atoms with Gasteiger partial charge in [-0.05, 0) is 51.7 Å². The highest BCUT2D eigenvalue weighted by Crippen LogP contribution is 2.20. The second kappa shape index (κ2) is 8.03.